The number of benzene rings is 1. The van der Waals surface area contributed by atoms with Gasteiger partial charge in [-0.15, -0.1) is 0 Å². The van der Waals surface area contributed by atoms with Gasteiger partial charge in [0.15, 0.2) is 5.78 Å². The standard InChI is InChI=1S/C12H9Cl2N3O/c13-7-4-8(12(16)17-5-7)11(18)6-1-2-10(15)9(14)3-6/h1-5H,15H2,(H2,16,17). The number of nitrogen functional groups attached to an aromatic ring is 2. The number of halogens is 2. The van der Waals surface area contributed by atoms with Crippen LogP contribution in [0.25, 0.3) is 0 Å². The van der Waals surface area contributed by atoms with Crippen molar-refractivity contribution in [3.05, 3.63) is 51.6 Å². The van der Waals surface area contributed by atoms with Gasteiger partial charge < -0.3 is 11.5 Å². The van der Waals surface area contributed by atoms with Crippen LogP contribution in [0.1, 0.15) is 15.9 Å². The van der Waals surface area contributed by atoms with Crippen molar-refractivity contribution < 1.29 is 4.79 Å². The third-order valence-electron chi connectivity index (χ3n) is 2.39. The third kappa shape index (κ3) is 2.39. The number of ketones is 1. The van der Waals surface area contributed by atoms with Crippen LogP contribution in [-0.4, -0.2) is 10.8 Å². The summed E-state index contributed by atoms with van der Waals surface area (Å²) >= 11 is 11.7. The quantitative estimate of drug-likeness (QED) is 0.655. The van der Waals surface area contributed by atoms with E-state index in [4.69, 9.17) is 34.7 Å². The molecule has 18 heavy (non-hydrogen) atoms. The molecule has 0 aliphatic rings. The monoisotopic (exact) mass is 281 g/mol. The van der Waals surface area contributed by atoms with Gasteiger partial charge in [-0.2, -0.15) is 0 Å². The number of pyridine rings is 1. The number of hydrogen-bond acceptors (Lipinski definition) is 4. The first-order valence-corrected chi connectivity index (χ1v) is 5.75. The van der Waals surface area contributed by atoms with Crippen LogP contribution < -0.4 is 11.5 Å². The summed E-state index contributed by atoms with van der Waals surface area (Å²) in [6.07, 6.45) is 1.38. The first-order valence-electron chi connectivity index (χ1n) is 5.00. The topological polar surface area (TPSA) is 82.0 Å². The number of carbonyl (C=O) groups is 1. The molecule has 2 rings (SSSR count). The number of rotatable bonds is 2. The molecule has 4 N–H and O–H groups in total. The molecule has 0 bridgehead atoms. The van der Waals surface area contributed by atoms with E-state index in [2.05, 4.69) is 4.98 Å². The highest BCUT2D eigenvalue weighted by molar-refractivity contribution is 6.34. The van der Waals surface area contributed by atoms with Gasteiger partial charge in [-0.05, 0) is 24.3 Å². The fraction of sp³-hybridized carbons (Fsp3) is 0. The van der Waals surface area contributed by atoms with E-state index < -0.39 is 0 Å². The molecular weight excluding hydrogens is 273 g/mol. The van der Waals surface area contributed by atoms with Crippen molar-refractivity contribution in [1.29, 1.82) is 0 Å². The Hall–Kier alpha value is -1.78. The summed E-state index contributed by atoms with van der Waals surface area (Å²) in [7, 11) is 0. The maximum absolute atomic E-state index is 12.2. The largest absolute Gasteiger partial charge is 0.398 e. The van der Waals surface area contributed by atoms with E-state index in [9.17, 15) is 4.79 Å². The van der Waals surface area contributed by atoms with Gasteiger partial charge in [0, 0.05) is 11.8 Å². The van der Waals surface area contributed by atoms with Crippen LogP contribution in [0.2, 0.25) is 10.0 Å². The second-order valence-electron chi connectivity index (χ2n) is 3.65. The molecule has 0 aliphatic heterocycles. The van der Waals surface area contributed by atoms with E-state index >= 15 is 0 Å². The lowest BCUT2D eigenvalue weighted by Gasteiger charge is -2.06. The predicted octanol–water partition coefficient (Wildman–Crippen LogP) is 2.78. The molecule has 92 valence electrons. The summed E-state index contributed by atoms with van der Waals surface area (Å²) in [5.74, 6) is -0.179. The highest BCUT2D eigenvalue weighted by Gasteiger charge is 2.14. The van der Waals surface area contributed by atoms with E-state index in [1.807, 2.05) is 0 Å². The molecule has 0 fully saturated rings. The number of hydrogen-bond donors (Lipinski definition) is 2. The molecule has 1 heterocycles. The molecule has 0 saturated heterocycles. The van der Waals surface area contributed by atoms with Gasteiger partial charge in [-0.3, -0.25) is 4.79 Å². The van der Waals surface area contributed by atoms with E-state index in [0.29, 0.717) is 21.3 Å². The number of carbonyl (C=O) groups excluding carboxylic acids is 1. The maximum atomic E-state index is 12.2. The summed E-state index contributed by atoms with van der Waals surface area (Å²) < 4.78 is 0. The average Bonchev–Trinajstić information content (AvgIpc) is 2.35. The summed E-state index contributed by atoms with van der Waals surface area (Å²) in [5, 5.41) is 0.656. The summed E-state index contributed by atoms with van der Waals surface area (Å²) in [6, 6.07) is 6.09. The van der Waals surface area contributed by atoms with E-state index in [0.717, 1.165) is 0 Å². The third-order valence-corrected chi connectivity index (χ3v) is 2.93. The minimum absolute atomic E-state index is 0.123. The normalized spacial score (nSPS) is 10.3. The predicted molar refractivity (Wildman–Crippen MR) is 73.0 cm³/mol. The number of aromatic nitrogens is 1. The molecule has 2 aromatic rings. The maximum Gasteiger partial charge on any atom is 0.196 e. The Balaban J connectivity index is 2.47. The minimum Gasteiger partial charge on any atom is -0.398 e. The van der Waals surface area contributed by atoms with Gasteiger partial charge in [0.05, 0.1) is 21.3 Å². The Kier molecular flexibility index (Phi) is 3.41. The fourth-order valence-corrected chi connectivity index (χ4v) is 1.79. The minimum atomic E-state index is -0.301. The van der Waals surface area contributed by atoms with Crippen LogP contribution in [0.5, 0.6) is 0 Å². The summed E-state index contributed by atoms with van der Waals surface area (Å²) in [5.41, 5.74) is 12.3. The van der Waals surface area contributed by atoms with Gasteiger partial charge in [0.2, 0.25) is 0 Å². The van der Waals surface area contributed by atoms with Crippen LogP contribution in [-0.2, 0) is 0 Å². The second-order valence-corrected chi connectivity index (χ2v) is 4.50. The second kappa shape index (κ2) is 4.84. The highest BCUT2D eigenvalue weighted by atomic mass is 35.5. The van der Waals surface area contributed by atoms with Gasteiger partial charge in [-0.1, -0.05) is 23.2 Å². The van der Waals surface area contributed by atoms with Crippen molar-refractivity contribution in [2.24, 2.45) is 0 Å². The first kappa shape index (κ1) is 12.7. The van der Waals surface area contributed by atoms with Crippen LogP contribution in [0, 0.1) is 0 Å². The molecular formula is C12H9Cl2N3O. The van der Waals surface area contributed by atoms with Crippen molar-refractivity contribution in [2.75, 3.05) is 11.5 Å². The van der Waals surface area contributed by atoms with Crippen molar-refractivity contribution in [1.82, 2.24) is 4.98 Å². The SMILES string of the molecule is Nc1ccc(C(=O)c2cc(Cl)cnc2N)cc1Cl. The molecule has 0 unspecified atom stereocenters. The van der Waals surface area contributed by atoms with Crippen LogP contribution in [0.15, 0.2) is 30.5 Å². The van der Waals surface area contributed by atoms with E-state index in [1.165, 1.54) is 18.3 Å². The van der Waals surface area contributed by atoms with Crippen molar-refractivity contribution in [3.63, 3.8) is 0 Å². The van der Waals surface area contributed by atoms with E-state index in [-0.39, 0.29) is 17.2 Å². The molecule has 1 aromatic carbocycles. The fourth-order valence-electron chi connectivity index (χ4n) is 1.46. The van der Waals surface area contributed by atoms with Crippen LogP contribution in [0.3, 0.4) is 0 Å². The molecule has 1 aromatic heterocycles. The Morgan fingerprint density at radius 2 is 1.89 bits per heavy atom. The zero-order valence-corrected chi connectivity index (χ0v) is 10.7. The molecule has 0 aliphatic carbocycles. The molecule has 0 amide bonds. The van der Waals surface area contributed by atoms with Crippen molar-refractivity contribution >= 4 is 40.5 Å². The van der Waals surface area contributed by atoms with Crippen molar-refractivity contribution in [2.45, 2.75) is 0 Å². The highest BCUT2D eigenvalue weighted by Crippen LogP contribution is 2.23. The Bertz CT molecular complexity index is 629. The lowest BCUT2D eigenvalue weighted by molar-refractivity contribution is 0.103. The number of nitrogens with two attached hydrogens (primary N) is 2. The molecule has 0 spiro atoms. The lowest BCUT2D eigenvalue weighted by atomic mass is 10.0. The van der Waals surface area contributed by atoms with Gasteiger partial charge in [0.25, 0.3) is 0 Å². The van der Waals surface area contributed by atoms with E-state index in [1.54, 1.807) is 12.1 Å². The Morgan fingerprint density at radius 3 is 2.56 bits per heavy atom. The van der Waals surface area contributed by atoms with Gasteiger partial charge in [0.1, 0.15) is 5.82 Å². The molecule has 0 radical (unpaired) electrons. The summed E-state index contributed by atoms with van der Waals surface area (Å²) in [6.45, 7) is 0. The Labute approximate surface area is 114 Å². The number of anilines is 2. The molecule has 0 saturated carbocycles. The molecule has 0 atom stereocenters. The van der Waals surface area contributed by atoms with Crippen LogP contribution in [0.4, 0.5) is 11.5 Å². The zero-order valence-electron chi connectivity index (χ0n) is 9.15. The summed E-state index contributed by atoms with van der Waals surface area (Å²) in [4.78, 5) is 16.0. The number of nitrogens with zero attached hydrogens (tertiary/aromatic N) is 1. The van der Waals surface area contributed by atoms with Gasteiger partial charge >= 0.3 is 0 Å². The van der Waals surface area contributed by atoms with Crippen LogP contribution >= 0.6 is 23.2 Å². The first-order chi connectivity index (χ1) is 8.49. The molecule has 6 heteroatoms. The zero-order chi connectivity index (χ0) is 13.3. The Morgan fingerprint density at radius 1 is 1.17 bits per heavy atom. The average molecular weight is 282 g/mol. The lowest BCUT2D eigenvalue weighted by Crippen LogP contribution is -2.07. The smallest absolute Gasteiger partial charge is 0.196 e. The van der Waals surface area contributed by atoms with Crippen molar-refractivity contribution in [3.8, 4) is 0 Å². The molecule has 4 nitrogen and oxygen atoms in total. The van der Waals surface area contributed by atoms with Gasteiger partial charge in [-0.25, -0.2) is 4.98 Å².